The zero-order valence-electron chi connectivity index (χ0n) is 13.2. The molecule has 1 N–H and O–H groups in total. The fourth-order valence-corrected chi connectivity index (χ4v) is 3.35. The predicted octanol–water partition coefficient (Wildman–Crippen LogP) is 4.39. The molecule has 2 heterocycles. The summed E-state index contributed by atoms with van der Waals surface area (Å²) in [6, 6.07) is 12.4. The number of para-hydroxylation sites is 1. The molecule has 2 aromatic carbocycles. The fraction of sp³-hybridized carbons (Fsp3) is 0.211. The van der Waals surface area contributed by atoms with E-state index >= 15 is 0 Å². The van der Waals surface area contributed by atoms with Gasteiger partial charge in [-0.05, 0) is 42.3 Å². The summed E-state index contributed by atoms with van der Waals surface area (Å²) in [6.07, 6.45) is -3.67. The number of nitrogens with zero attached hydrogens (tertiary/aromatic N) is 1. The van der Waals surface area contributed by atoms with E-state index in [-0.39, 0.29) is 11.5 Å². The number of alkyl halides is 3. The van der Waals surface area contributed by atoms with Crippen molar-refractivity contribution in [2.45, 2.75) is 19.1 Å². The van der Waals surface area contributed by atoms with Gasteiger partial charge in [0.1, 0.15) is 0 Å². The number of halogens is 3. The topological polar surface area (TPSA) is 36.1 Å². The number of aromatic amines is 1. The number of benzene rings is 2. The number of aromatic nitrogens is 1. The van der Waals surface area contributed by atoms with Crippen molar-refractivity contribution < 1.29 is 18.0 Å². The highest BCUT2D eigenvalue weighted by molar-refractivity contribution is 5.95. The van der Waals surface area contributed by atoms with Crippen LogP contribution in [0.2, 0.25) is 0 Å². The van der Waals surface area contributed by atoms with Crippen LogP contribution in [0.1, 0.15) is 27.2 Å². The third-order valence-electron chi connectivity index (χ3n) is 4.63. The van der Waals surface area contributed by atoms with E-state index in [0.717, 1.165) is 29.8 Å². The fourth-order valence-electron chi connectivity index (χ4n) is 3.35. The monoisotopic (exact) mass is 344 g/mol. The van der Waals surface area contributed by atoms with Gasteiger partial charge in [-0.15, -0.1) is 0 Å². The van der Waals surface area contributed by atoms with Crippen LogP contribution in [0.5, 0.6) is 0 Å². The highest BCUT2D eigenvalue weighted by Gasteiger charge is 2.31. The maximum Gasteiger partial charge on any atom is 0.416 e. The average molecular weight is 344 g/mol. The minimum atomic E-state index is -4.40. The molecular weight excluding hydrogens is 329 g/mol. The first kappa shape index (κ1) is 15.7. The zero-order valence-corrected chi connectivity index (χ0v) is 13.2. The smallest absolute Gasteiger partial charge is 0.357 e. The SMILES string of the molecule is O=C(c1ccc(C(F)(F)F)cc1)N1CCc2c([nH]c3ccccc23)C1. The number of H-pyrrole nitrogens is 1. The Hall–Kier alpha value is -2.76. The van der Waals surface area contributed by atoms with Crippen LogP contribution in [-0.2, 0) is 19.1 Å². The van der Waals surface area contributed by atoms with Crippen molar-refractivity contribution >= 4 is 16.8 Å². The summed E-state index contributed by atoms with van der Waals surface area (Å²) < 4.78 is 37.9. The third-order valence-corrected chi connectivity index (χ3v) is 4.63. The number of amides is 1. The van der Waals surface area contributed by atoms with Gasteiger partial charge in [-0.2, -0.15) is 13.2 Å². The van der Waals surface area contributed by atoms with Gasteiger partial charge in [0.25, 0.3) is 5.91 Å². The molecule has 1 aliphatic heterocycles. The molecular formula is C19H15F3N2O. The van der Waals surface area contributed by atoms with Crippen LogP contribution in [0.15, 0.2) is 48.5 Å². The molecule has 0 radical (unpaired) electrons. The van der Waals surface area contributed by atoms with E-state index in [0.29, 0.717) is 13.1 Å². The number of hydrogen-bond donors (Lipinski definition) is 1. The van der Waals surface area contributed by atoms with Crippen molar-refractivity contribution in [3.63, 3.8) is 0 Å². The van der Waals surface area contributed by atoms with Crippen molar-refractivity contribution in [3.05, 3.63) is 70.9 Å². The first-order chi connectivity index (χ1) is 11.9. The van der Waals surface area contributed by atoms with Gasteiger partial charge in [0, 0.05) is 28.7 Å². The van der Waals surface area contributed by atoms with E-state index in [1.807, 2.05) is 18.2 Å². The summed E-state index contributed by atoms with van der Waals surface area (Å²) in [5.74, 6) is -0.252. The van der Waals surface area contributed by atoms with Crippen molar-refractivity contribution in [1.82, 2.24) is 9.88 Å². The third kappa shape index (κ3) is 2.77. The molecule has 0 saturated carbocycles. The molecule has 3 aromatic rings. The summed E-state index contributed by atoms with van der Waals surface area (Å²) in [6.45, 7) is 0.985. The molecule has 4 rings (SSSR count). The van der Waals surface area contributed by atoms with Crippen LogP contribution in [0.3, 0.4) is 0 Å². The van der Waals surface area contributed by atoms with Gasteiger partial charge < -0.3 is 9.88 Å². The lowest BCUT2D eigenvalue weighted by Gasteiger charge is -2.27. The zero-order chi connectivity index (χ0) is 17.6. The van der Waals surface area contributed by atoms with Gasteiger partial charge in [0.05, 0.1) is 12.1 Å². The number of carbonyl (C=O) groups is 1. The second-order valence-corrected chi connectivity index (χ2v) is 6.18. The Kier molecular flexibility index (Phi) is 3.56. The number of nitrogens with one attached hydrogen (secondary N) is 1. The molecule has 0 fully saturated rings. The van der Waals surface area contributed by atoms with Gasteiger partial charge in [-0.3, -0.25) is 4.79 Å². The van der Waals surface area contributed by atoms with Gasteiger partial charge in [-0.1, -0.05) is 18.2 Å². The highest BCUT2D eigenvalue weighted by atomic mass is 19.4. The largest absolute Gasteiger partial charge is 0.416 e. The minimum Gasteiger partial charge on any atom is -0.357 e. The highest BCUT2D eigenvalue weighted by Crippen LogP contribution is 2.30. The van der Waals surface area contributed by atoms with Crippen molar-refractivity contribution in [2.75, 3.05) is 6.54 Å². The van der Waals surface area contributed by atoms with Crippen LogP contribution < -0.4 is 0 Å². The number of rotatable bonds is 1. The van der Waals surface area contributed by atoms with Gasteiger partial charge >= 0.3 is 6.18 Å². The molecule has 1 aliphatic rings. The Morgan fingerprint density at radius 3 is 2.48 bits per heavy atom. The van der Waals surface area contributed by atoms with E-state index in [9.17, 15) is 18.0 Å². The summed E-state index contributed by atoms with van der Waals surface area (Å²) >= 11 is 0. The maximum atomic E-state index is 12.6. The molecule has 6 heteroatoms. The van der Waals surface area contributed by atoms with E-state index < -0.39 is 11.7 Å². The molecule has 0 saturated heterocycles. The predicted molar refractivity (Wildman–Crippen MR) is 88.2 cm³/mol. The Morgan fingerprint density at radius 2 is 1.76 bits per heavy atom. The van der Waals surface area contributed by atoms with Crippen LogP contribution >= 0.6 is 0 Å². The molecule has 25 heavy (non-hydrogen) atoms. The molecule has 0 unspecified atom stereocenters. The summed E-state index contributed by atoms with van der Waals surface area (Å²) in [5, 5.41) is 1.17. The number of carbonyl (C=O) groups excluding carboxylic acids is 1. The van der Waals surface area contributed by atoms with Gasteiger partial charge in [-0.25, -0.2) is 0 Å². The molecule has 128 valence electrons. The maximum absolute atomic E-state index is 12.6. The van der Waals surface area contributed by atoms with Gasteiger partial charge in [0.2, 0.25) is 0 Å². The van der Waals surface area contributed by atoms with Crippen LogP contribution in [-0.4, -0.2) is 22.3 Å². The quantitative estimate of drug-likeness (QED) is 0.698. The number of hydrogen-bond acceptors (Lipinski definition) is 1. The standard InChI is InChI=1S/C19H15F3N2O/c20-19(21,22)13-7-5-12(6-8-13)18(25)24-10-9-15-14-3-1-2-4-16(14)23-17(15)11-24/h1-8,23H,9-11H2. The molecule has 3 nitrogen and oxygen atoms in total. The second-order valence-electron chi connectivity index (χ2n) is 6.18. The summed E-state index contributed by atoms with van der Waals surface area (Å²) in [5.41, 5.74) is 2.77. The average Bonchev–Trinajstić information content (AvgIpc) is 2.98. The summed E-state index contributed by atoms with van der Waals surface area (Å²) in [7, 11) is 0. The van der Waals surface area contributed by atoms with E-state index in [1.54, 1.807) is 4.90 Å². The van der Waals surface area contributed by atoms with Crippen LogP contribution in [0.25, 0.3) is 10.9 Å². The van der Waals surface area contributed by atoms with E-state index in [4.69, 9.17) is 0 Å². The molecule has 0 atom stereocenters. The van der Waals surface area contributed by atoms with E-state index in [1.165, 1.54) is 23.1 Å². The first-order valence-electron chi connectivity index (χ1n) is 7.98. The van der Waals surface area contributed by atoms with Crippen LogP contribution in [0.4, 0.5) is 13.2 Å². The molecule has 0 aliphatic carbocycles. The Bertz CT molecular complexity index is 941. The lowest BCUT2D eigenvalue weighted by molar-refractivity contribution is -0.137. The van der Waals surface area contributed by atoms with Crippen LogP contribution in [0, 0.1) is 0 Å². The van der Waals surface area contributed by atoms with Crippen molar-refractivity contribution in [3.8, 4) is 0 Å². The number of fused-ring (bicyclic) bond motifs is 3. The Balaban J connectivity index is 1.58. The molecule has 0 spiro atoms. The minimum absolute atomic E-state index is 0.252. The van der Waals surface area contributed by atoms with Crippen molar-refractivity contribution in [2.24, 2.45) is 0 Å². The van der Waals surface area contributed by atoms with Gasteiger partial charge in [0.15, 0.2) is 0 Å². The molecule has 1 amide bonds. The summed E-state index contributed by atoms with van der Waals surface area (Å²) in [4.78, 5) is 17.6. The second kappa shape index (κ2) is 5.65. The first-order valence-corrected chi connectivity index (χ1v) is 7.98. The van der Waals surface area contributed by atoms with E-state index in [2.05, 4.69) is 11.1 Å². The Labute approximate surface area is 142 Å². The molecule has 0 bridgehead atoms. The Morgan fingerprint density at radius 1 is 1.04 bits per heavy atom. The lowest BCUT2D eigenvalue weighted by atomic mass is 10.0. The van der Waals surface area contributed by atoms with Crippen molar-refractivity contribution in [1.29, 1.82) is 0 Å². The molecule has 1 aromatic heterocycles. The lowest BCUT2D eigenvalue weighted by Crippen LogP contribution is -2.35. The normalized spacial score (nSPS) is 14.6.